The summed E-state index contributed by atoms with van der Waals surface area (Å²) in [6.45, 7) is 0.0942. The van der Waals surface area contributed by atoms with Crippen molar-refractivity contribution in [2.45, 2.75) is 6.42 Å². The van der Waals surface area contributed by atoms with Crippen molar-refractivity contribution in [3.63, 3.8) is 0 Å². The van der Waals surface area contributed by atoms with Gasteiger partial charge in [-0.15, -0.1) is 0 Å². The molecule has 34 heavy (non-hydrogen) atoms. The van der Waals surface area contributed by atoms with E-state index in [0.29, 0.717) is 28.4 Å². The van der Waals surface area contributed by atoms with Crippen LogP contribution in [0, 0.1) is 0 Å². The van der Waals surface area contributed by atoms with E-state index in [1.807, 2.05) is 0 Å². The van der Waals surface area contributed by atoms with E-state index in [1.165, 1.54) is 23.3 Å². The Bertz CT molecular complexity index is 1230. The molecule has 3 N–H and O–H groups in total. The van der Waals surface area contributed by atoms with Crippen molar-refractivity contribution in [1.82, 2.24) is 5.32 Å². The molecule has 0 saturated heterocycles. The van der Waals surface area contributed by atoms with Gasteiger partial charge in [-0.05, 0) is 54.6 Å². The third-order valence-corrected chi connectivity index (χ3v) is 5.02. The zero-order chi connectivity index (χ0) is 23.9. The Morgan fingerprint density at radius 1 is 1.03 bits per heavy atom. The minimum atomic E-state index is -0.333. The molecule has 1 aliphatic heterocycles. The van der Waals surface area contributed by atoms with E-state index in [-0.39, 0.29) is 43.1 Å². The number of fused-ring (bicyclic) bond motifs is 1. The molecule has 1 aliphatic rings. The standard InChI is InChI=1S/C25H22N4O5/c30-22(12-11-19-4-3-15-34-19)26-14-13-23(31)27-18-9-7-17(8-10-18)25(33)29-16-24(32)28-20-5-1-2-6-21(20)29/h1-12,15H,13-14,16H2,(H,26,30)(H,27,31)(H,28,32)/b12-11+. The van der Waals surface area contributed by atoms with Crippen LogP contribution in [0.3, 0.4) is 0 Å². The fraction of sp³-hybridized carbons (Fsp3) is 0.120. The van der Waals surface area contributed by atoms with Gasteiger partial charge in [0.25, 0.3) is 5.91 Å². The number of nitrogens with zero attached hydrogens (tertiary/aromatic N) is 1. The number of amides is 4. The van der Waals surface area contributed by atoms with Crippen LogP contribution in [0.2, 0.25) is 0 Å². The largest absolute Gasteiger partial charge is 0.465 e. The highest BCUT2D eigenvalue weighted by atomic mass is 16.3. The molecule has 2 aromatic carbocycles. The summed E-state index contributed by atoms with van der Waals surface area (Å²) in [4.78, 5) is 50.3. The van der Waals surface area contributed by atoms with Gasteiger partial charge in [-0.3, -0.25) is 24.1 Å². The molecule has 0 aliphatic carbocycles. The summed E-state index contributed by atoms with van der Waals surface area (Å²) in [5, 5.41) is 8.10. The van der Waals surface area contributed by atoms with Gasteiger partial charge in [-0.1, -0.05) is 12.1 Å². The van der Waals surface area contributed by atoms with Gasteiger partial charge in [0.2, 0.25) is 17.7 Å². The molecule has 0 radical (unpaired) electrons. The van der Waals surface area contributed by atoms with Crippen LogP contribution in [0.25, 0.3) is 6.08 Å². The van der Waals surface area contributed by atoms with Gasteiger partial charge in [0, 0.05) is 30.3 Å². The molecule has 9 heteroatoms. The highest BCUT2D eigenvalue weighted by Crippen LogP contribution is 2.30. The number of para-hydroxylation sites is 2. The zero-order valence-electron chi connectivity index (χ0n) is 18.1. The van der Waals surface area contributed by atoms with Crippen LogP contribution in [0.15, 0.2) is 77.4 Å². The van der Waals surface area contributed by atoms with E-state index >= 15 is 0 Å². The molecule has 0 fully saturated rings. The van der Waals surface area contributed by atoms with E-state index < -0.39 is 0 Å². The first kappa shape index (κ1) is 22.5. The van der Waals surface area contributed by atoms with Gasteiger partial charge < -0.3 is 20.4 Å². The van der Waals surface area contributed by atoms with E-state index in [4.69, 9.17) is 4.42 Å². The van der Waals surface area contributed by atoms with E-state index in [0.717, 1.165) is 0 Å². The van der Waals surface area contributed by atoms with Gasteiger partial charge in [-0.2, -0.15) is 0 Å². The highest BCUT2D eigenvalue weighted by Gasteiger charge is 2.27. The summed E-state index contributed by atoms with van der Waals surface area (Å²) in [6, 6.07) is 16.9. The molecule has 0 saturated carbocycles. The van der Waals surface area contributed by atoms with Crippen molar-refractivity contribution >= 4 is 46.8 Å². The summed E-state index contributed by atoms with van der Waals surface area (Å²) in [5.41, 5.74) is 2.12. The molecule has 0 atom stereocenters. The SMILES string of the molecule is O=C(/C=C/c1ccco1)NCCC(=O)Nc1ccc(C(=O)N2CC(=O)Nc3ccccc32)cc1. The number of nitrogens with one attached hydrogen (secondary N) is 3. The maximum absolute atomic E-state index is 13.0. The molecule has 9 nitrogen and oxygen atoms in total. The van der Waals surface area contributed by atoms with Crippen LogP contribution >= 0.6 is 0 Å². The van der Waals surface area contributed by atoms with Crippen molar-refractivity contribution < 1.29 is 23.6 Å². The van der Waals surface area contributed by atoms with E-state index in [2.05, 4.69) is 16.0 Å². The second-order valence-electron chi connectivity index (χ2n) is 7.47. The van der Waals surface area contributed by atoms with Crippen LogP contribution in [-0.2, 0) is 14.4 Å². The van der Waals surface area contributed by atoms with E-state index in [9.17, 15) is 19.2 Å². The summed E-state index contributed by atoms with van der Waals surface area (Å²) >= 11 is 0. The first-order chi connectivity index (χ1) is 16.5. The Kier molecular flexibility index (Phi) is 6.83. The van der Waals surface area contributed by atoms with Crippen molar-refractivity contribution in [3.8, 4) is 0 Å². The Hall–Kier alpha value is -4.66. The smallest absolute Gasteiger partial charge is 0.258 e. The van der Waals surface area contributed by atoms with Crippen LogP contribution in [0.1, 0.15) is 22.5 Å². The van der Waals surface area contributed by atoms with Crippen molar-refractivity contribution in [2.75, 3.05) is 28.6 Å². The summed E-state index contributed by atoms with van der Waals surface area (Å²) in [5.74, 6) is -0.636. The second-order valence-corrected chi connectivity index (χ2v) is 7.47. The maximum Gasteiger partial charge on any atom is 0.258 e. The normalized spacial score (nSPS) is 12.7. The average molecular weight is 458 g/mol. The Labute approximate surface area is 195 Å². The number of rotatable bonds is 7. The molecule has 0 unspecified atom stereocenters. The minimum absolute atomic E-state index is 0.0727. The van der Waals surface area contributed by atoms with Gasteiger partial charge in [-0.25, -0.2) is 0 Å². The van der Waals surface area contributed by atoms with Gasteiger partial charge >= 0.3 is 0 Å². The molecule has 1 aromatic heterocycles. The summed E-state index contributed by atoms with van der Waals surface area (Å²) in [7, 11) is 0. The number of carbonyl (C=O) groups is 4. The molecule has 172 valence electrons. The molecule has 0 bridgehead atoms. The highest BCUT2D eigenvalue weighted by molar-refractivity contribution is 6.15. The number of furan rings is 1. The average Bonchev–Trinajstić information content (AvgIpc) is 3.36. The minimum Gasteiger partial charge on any atom is -0.465 e. The lowest BCUT2D eigenvalue weighted by Crippen LogP contribution is -2.42. The van der Waals surface area contributed by atoms with Crippen LogP contribution < -0.4 is 20.9 Å². The van der Waals surface area contributed by atoms with Gasteiger partial charge in [0.15, 0.2) is 0 Å². The number of hydrogen-bond donors (Lipinski definition) is 3. The van der Waals surface area contributed by atoms with Crippen LogP contribution in [0.4, 0.5) is 17.1 Å². The maximum atomic E-state index is 13.0. The first-order valence-corrected chi connectivity index (χ1v) is 10.6. The monoisotopic (exact) mass is 458 g/mol. The lowest BCUT2D eigenvalue weighted by molar-refractivity contribution is -0.117. The number of anilines is 3. The van der Waals surface area contributed by atoms with Crippen molar-refractivity contribution in [2.24, 2.45) is 0 Å². The third kappa shape index (κ3) is 5.57. The summed E-state index contributed by atoms with van der Waals surface area (Å²) < 4.78 is 5.10. The molecule has 2 heterocycles. The second kappa shape index (κ2) is 10.3. The van der Waals surface area contributed by atoms with Crippen molar-refractivity contribution in [3.05, 3.63) is 84.3 Å². The fourth-order valence-electron chi connectivity index (χ4n) is 3.39. The lowest BCUT2D eigenvalue weighted by atomic mass is 10.1. The molecule has 4 rings (SSSR count). The van der Waals surface area contributed by atoms with Crippen LogP contribution in [-0.4, -0.2) is 36.7 Å². The molecule has 4 amide bonds. The molecular weight excluding hydrogens is 436 g/mol. The number of hydrogen-bond acceptors (Lipinski definition) is 5. The Morgan fingerprint density at radius 3 is 2.59 bits per heavy atom. The Balaban J connectivity index is 1.28. The number of carbonyl (C=O) groups excluding carboxylic acids is 4. The first-order valence-electron chi connectivity index (χ1n) is 10.6. The molecule has 3 aromatic rings. The molecule has 0 spiro atoms. The lowest BCUT2D eigenvalue weighted by Gasteiger charge is -2.29. The predicted molar refractivity (Wildman–Crippen MR) is 127 cm³/mol. The van der Waals surface area contributed by atoms with E-state index in [1.54, 1.807) is 60.7 Å². The Morgan fingerprint density at radius 2 is 1.82 bits per heavy atom. The molecular formula is C25H22N4O5. The number of benzene rings is 2. The predicted octanol–water partition coefficient (Wildman–Crippen LogP) is 3.04. The quantitative estimate of drug-likeness (QED) is 0.470. The topological polar surface area (TPSA) is 121 Å². The van der Waals surface area contributed by atoms with Gasteiger partial charge in [0.05, 0.1) is 17.6 Å². The fourth-order valence-corrected chi connectivity index (χ4v) is 3.39. The zero-order valence-corrected chi connectivity index (χ0v) is 18.1. The van der Waals surface area contributed by atoms with Gasteiger partial charge in [0.1, 0.15) is 12.3 Å². The van der Waals surface area contributed by atoms with Crippen LogP contribution in [0.5, 0.6) is 0 Å². The third-order valence-electron chi connectivity index (χ3n) is 5.02. The van der Waals surface area contributed by atoms with Crippen molar-refractivity contribution in [1.29, 1.82) is 0 Å². The summed E-state index contributed by atoms with van der Waals surface area (Å²) in [6.07, 6.45) is 4.46.